The first-order valence-electron chi connectivity index (χ1n) is 11.3. The summed E-state index contributed by atoms with van der Waals surface area (Å²) in [7, 11) is -4.28. The summed E-state index contributed by atoms with van der Waals surface area (Å²) in [6.45, 7) is 2.67. The monoisotopic (exact) mass is 458 g/mol. The number of aryl methyl sites for hydroxylation is 3. The molecule has 0 atom stereocenters. The molecule has 172 valence electrons. The Morgan fingerprint density at radius 2 is 1.75 bits per heavy atom. The van der Waals surface area contributed by atoms with E-state index in [2.05, 4.69) is 15.8 Å². The number of rotatable bonds is 5. The highest BCUT2D eigenvalue weighted by Gasteiger charge is 2.33. The molecule has 0 amide bonds. The predicted octanol–water partition coefficient (Wildman–Crippen LogP) is 2.62. The molecule has 1 aromatic carbocycles. The number of ether oxygens (including phenoxy) is 1. The SMILES string of the molecule is Cc1cc(N(C2CCOCC2)S(=O)(=O)/N=C(\[O-])Nc2c3c(cc4c2CCC4)CCC3)co1. The zero-order valence-corrected chi connectivity index (χ0v) is 19.0. The van der Waals surface area contributed by atoms with E-state index >= 15 is 0 Å². The van der Waals surface area contributed by atoms with Crippen molar-refractivity contribution in [2.24, 2.45) is 4.40 Å². The molecular weight excluding hydrogens is 430 g/mol. The Morgan fingerprint density at radius 1 is 1.09 bits per heavy atom. The van der Waals surface area contributed by atoms with Gasteiger partial charge in [-0.1, -0.05) is 6.07 Å². The highest BCUT2D eigenvalue weighted by molar-refractivity contribution is 7.91. The van der Waals surface area contributed by atoms with Crippen LogP contribution < -0.4 is 14.7 Å². The number of hydrogen-bond acceptors (Lipinski definition) is 5. The van der Waals surface area contributed by atoms with Crippen molar-refractivity contribution in [2.75, 3.05) is 22.8 Å². The molecule has 1 aromatic heterocycles. The molecule has 3 aliphatic rings. The van der Waals surface area contributed by atoms with Crippen molar-refractivity contribution < 1.29 is 22.7 Å². The van der Waals surface area contributed by atoms with Crippen molar-refractivity contribution in [3.63, 3.8) is 0 Å². The second-order valence-electron chi connectivity index (χ2n) is 8.79. The molecule has 1 fully saturated rings. The Kier molecular flexibility index (Phi) is 5.63. The van der Waals surface area contributed by atoms with Crippen LogP contribution in [0.2, 0.25) is 0 Å². The predicted molar refractivity (Wildman–Crippen MR) is 120 cm³/mol. The van der Waals surface area contributed by atoms with E-state index in [1.54, 1.807) is 13.0 Å². The van der Waals surface area contributed by atoms with E-state index in [0.29, 0.717) is 37.5 Å². The van der Waals surface area contributed by atoms with Gasteiger partial charge in [0.2, 0.25) is 0 Å². The molecule has 1 saturated heterocycles. The molecule has 0 unspecified atom stereocenters. The van der Waals surface area contributed by atoms with Gasteiger partial charge in [0.05, 0.1) is 17.8 Å². The van der Waals surface area contributed by atoms with Crippen LogP contribution >= 0.6 is 0 Å². The fourth-order valence-corrected chi connectivity index (χ4v) is 6.54. The topological polar surface area (TPSA) is 107 Å². The molecule has 2 aromatic rings. The normalized spacial score (nSPS) is 19.1. The van der Waals surface area contributed by atoms with Gasteiger partial charge in [-0.25, -0.2) is 4.31 Å². The van der Waals surface area contributed by atoms with Crippen LogP contribution in [0.4, 0.5) is 11.4 Å². The van der Waals surface area contributed by atoms with Crippen molar-refractivity contribution in [2.45, 2.75) is 64.3 Å². The van der Waals surface area contributed by atoms with E-state index in [1.807, 2.05) is 0 Å². The number of fused-ring (bicyclic) bond motifs is 2. The van der Waals surface area contributed by atoms with E-state index in [0.717, 1.165) is 55.3 Å². The lowest BCUT2D eigenvalue weighted by Gasteiger charge is -2.33. The first-order chi connectivity index (χ1) is 15.4. The summed E-state index contributed by atoms with van der Waals surface area (Å²) in [5, 5.41) is 15.8. The molecule has 8 nitrogen and oxygen atoms in total. The Labute approximate surface area is 188 Å². The van der Waals surface area contributed by atoms with E-state index in [-0.39, 0.29) is 6.04 Å². The minimum absolute atomic E-state index is 0.340. The molecule has 2 aliphatic carbocycles. The van der Waals surface area contributed by atoms with Crippen molar-refractivity contribution in [1.29, 1.82) is 0 Å². The Hall–Kier alpha value is -2.52. The number of hydrogen-bond donors (Lipinski definition) is 1. The van der Waals surface area contributed by atoms with Crippen LogP contribution in [-0.2, 0) is 40.6 Å². The highest BCUT2D eigenvalue weighted by atomic mass is 32.2. The van der Waals surface area contributed by atoms with Crippen LogP contribution in [-0.4, -0.2) is 33.7 Å². The first-order valence-corrected chi connectivity index (χ1v) is 12.7. The summed E-state index contributed by atoms with van der Waals surface area (Å²) >= 11 is 0. The Balaban J connectivity index is 1.48. The second-order valence-corrected chi connectivity index (χ2v) is 10.3. The van der Waals surface area contributed by atoms with Gasteiger partial charge in [-0.3, -0.25) is 0 Å². The fourth-order valence-electron chi connectivity index (χ4n) is 5.24. The van der Waals surface area contributed by atoms with Crippen LogP contribution in [0.1, 0.15) is 53.7 Å². The van der Waals surface area contributed by atoms with E-state index < -0.39 is 16.2 Å². The van der Waals surface area contributed by atoms with Crippen molar-refractivity contribution in [3.05, 3.63) is 46.4 Å². The molecule has 1 N–H and O–H groups in total. The molecule has 0 spiro atoms. The smallest absolute Gasteiger partial charge is 0.345 e. The van der Waals surface area contributed by atoms with E-state index in [4.69, 9.17) is 9.15 Å². The third-order valence-electron chi connectivity index (χ3n) is 6.65. The maximum atomic E-state index is 13.3. The lowest BCUT2D eigenvalue weighted by atomic mass is 9.99. The Morgan fingerprint density at radius 3 is 2.34 bits per heavy atom. The molecule has 0 bridgehead atoms. The molecular formula is C23H28N3O5S-. The minimum atomic E-state index is -4.28. The van der Waals surface area contributed by atoms with E-state index in [9.17, 15) is 13.5 Å². The summed E-state index contributed by atoms with van der Waals surface area (Å²) in [6, 6.07) is 2.73. The largest absolute Gasteiger partial charge is 0.845 e. The minimum Gasteiger partial charge on any atom is -0.845 e. The second kappa shape index (κ2) is 8.44. The number of amidine groups is 1. The lowest BCUT2D eigenvalue weighted by Crippen LogP contribution is -2.44. The van der Waals surface area contributed by atoms with Crippen molar-refractivity contribution >= 4 is 27.6 Å². The maximum Gasteiger partial charge on any atom is 0.345 e. The average Bonchev–Trinajstić information content (AvgIpc) is 3.49. The lowest BCUT2D eigenvalue weighted by molar-refractivity contribution is -0.213. The van der Waals surface area contributed by atoms with Gasteiger partial charge in [-0.15, -0.1) is 4.40 Å². The van der Waals surface area contributed by atoms with Crippen LogP contribution in [0.15, 0.2) is 27.2 Å². The van der Waals surface area contributed by atoms with Gasteiger partial charge in [-0.05, 0) is 80.5 Å². The fraction of sp³-hybridized carbons (Fsp3) is 0.522. The number of nitrogens with zero attached hydrogens (tertiary/aromatic N) is 2. The average molecular weight is 459 g/mol. The molecule has 5 rings (SSSR count). The van der Waals surface area contributed by atoms with Crippen molar-refractivity contribution in [3.8, 4) is 0 Å². The number of nitrogens with one attached hydrogen (secondary N) is 1. The van der Waals surface area contributed by atoms with Gasteiger partial charge < -0.3 is 19.6 Å². The first kappa shape index (κ1) is 21.3. The summed E-state index contributed by atoms with van der Waals surface area (Å²) in [5.41, 5.74) is 5.97. The van der Waals surface area contributed by atoms with Gasteiger partial charge in [-0.2, -0.15) is 8.42 Å². The van der Waals surface area contributed by atoms with Gasteiger partial charge in [0.1, 0.15) is 12.0 Å². The van der Waals surface area contributed by atoms with Gasteiger partial charge in [0.25, 0.3) is 0 Å². The molecule has 0 radical (unpaired) electrons. The van der Waals surface area contributed by atoms with Crippen LogP contribution in [0.3, 0.4) is 0 Å². The van der Waals surface area contributed by atoms with Crippen molar-refractivity contribution in [1.82, 2.24) is 0 Å². The maximum absolute atomic E-state index is 13.3. The van der Waals surface area contributed by atoms with E-state index in [1.165, 1.54) is 21.7 Å². The number of furan rings is 1. The molecule has 0 saturated carbocycles. The quantitative estimate of drug-likeness (QED) is 0.545. The highest BCUT2D eigenvalue weighted by Crippen LogP contribution is 2.38. The Bertz CT molecular complexity index is 1120. The number of anilines is 2. The van der Waals surface area contributed by atoms with Crippen LogP contribution in [0.25, 0.3) is 0 Å². The molecule has 2 heterocycles. The summed E-state index contributed by atoms with van der Waals surface area (Å²) in [4.78, 5) is 0. The molecule has 32 heavy (non-hydrogen) atoms. The summed E-state index contributed by atoms with van der Waals surface area (Å²) in [6.07, 6.45) is 8.34. The van der Waals surface area contributed by atoms with Gasteiger partial charge >= 0.3 is 10.2 Å². The van der Waals surface area contributed by atoms with Gasteiger partial charge in [0.15, 0.2) is 0 Å². The zero-order valence-electron chi connectivity index (χ0n) is 18.2. The number of benzene rings is 1. The molecule has 1 aliphatic heterocycles. The third kappa shape index (κ3) is 3.99. The van der Waals surface area contributed by atoms with Gasteiger partial charge in [0, 0.05) is 25.0 Å². The summed E-state index contributed by atoms with van der Waals surface area (Å²) in [5.74, 6) is 0.590. The van der Waals surface area contributed by atoms with Crippen LogP contribution in [0, 0.1) is 6.92 Å². The standard InChI is InChI=1S/C23H29N3O5S/c1-15-12-19(14-31-15)26(18-8-10-30-11-9-18)32(28,29)25-23(27)24-22-20-6-2-4-16(20)13-17-5-3-7-21(17)22/h12-14,18H,2-11H2,1H3,(H2,24,25,27)/p-1. The van der Waals surface area contributed by atoms with Crippen LogP contribution in [0.5, 0.6) is 0 Å². The zero-order chi connectivity index (χ0) is 22.3. The molecule has 9 heteroatoms. The third-order valence-corrected chi connectivity index (χ3v) is 8.05. The summed E-state index contributed by atoms with van der Waals surface area (Å²) < 4.78 is 42.3.